The molecular formula is C19H23F3O4. The van der Waals surface area contributed by atoms with E-state index in [1.807, 2.05) is 26.8 Å². The zero-order valence-corrected chi connectivity index (χ0v) is 15.2. The van der Waals surface area contributed by atoms with Gasteiger partial charge in [-0.2, -0.15) is 13.2 Å². The molecule has 0 aliphatic carbocycles. The maximum Gasteiger partial charge on any atom is 0.416 e. The summed E-state index contributed by atoms with van der Waals surface area (Å²) < 4.78 is 43.5. The molecule has 0 bridgehead atoms. The fourth-order valence-electron chi connectivity index (χ4n) is 2.50. The molecule has 2 atom stereocenters. The minimum absolute atomic E-state index is 0.0953. The highest BCUT2D eigenvalue weighted by Gasteiger charge is 2.32. The number of ether oxygens (including phenoxy) is 1. The van der Waals surface area contributed by atoms with E-state index in [9.17, 15) is 22.8 Å². The van der Waals surface area contributed by atoms with E-state index in [2.05, 4.69) is 0 Å². The molecule has 4 nitrogen and oxygen atoms in total. The number of halogens is 3. The maximum absolute atomic E-state index is 12.8. The molecule has 1 aromatic rings. The van der Waals surface area contributed by atoms with Crippen molar-refractivity contribution in [3.8, 4) is 5.75 Å². The summed E-state index contributed by atoms with van der Waals surface area (Å²) in [4.78, 5) is 23.4. The number of alkyl halides is 3. The van der Waals surface area contributed by atoms with Gasteiger partial charge in [0.1, 0.15) is 11.3 Å². The number of rotatable bonds is 7. The number of allylic oxidation sites excluding steroid dienone is 2. The molecule has 0 heterocycles. The van der Waals surface area contributed by atoms with Crippen LogP contribution in [-0.4, -0.2) is 17.0 Å². The molecule has 0 spiro atoms. The molecule has 0 aromatic heterocycles. The molecule has 26 heavy (non-hydrogen) atoms. The number of esters is 1. The summed E-state index contributed by atoms with van der Waals surface area (Å²) in [5, 5.41) is 9.11. The van der Waals surface area contributed by atoms with Crippen LogP contribution in [0, 0.1) is 11.8 Å². The number of carbonyl (C=O) groups is 2. The number of hydrogen-bond acceptors (Lipinski definition) is 3. The normalized spacial score (nSPS) is 14.7. The van der Waals surface area contributed by atoms with Crippen LogP contribution >= 0.6 is 0 Å². The van der Waals surface area contributed by atoms with Crippen LogP contribution in [0.15, 0.2) is 29.8 Å². The minimum Gasteiger partial charge on any atom is -0.478 e. The topological polar surface area (TPSA) is 63.6 Å². The van der Waals surface area contributed by atoms with Crippen LogP contribution in [0.1, 0.15) is 56.5 Å². The van der Waals surface area contributed by atoms with Gasteiger partial charge in [-0.05, 0) is 43.9 Å². The van der Waals surface area contributed by atoms with Gasteiger partial charge >= 0.3 is 18.1 Å². The summed E-state index contributed by atoms with van der Waals surface area (Å²) >= 11 is 0. The molecule has 0 aliphatic rings. The first-order chi connectivity index (χ1) is 12.0. The Balaban J connectivity index is 3.00. The monoisotopic (exact) mass is 372 g/mol. The minimum atomic E-state index is -4.67. The lowest BCUT2D eigenvalue weighted by molar-refractivity contribution is -0.140. The molecule has 7 heteroatoms. The molecule has 0 fully saturated rings. The third kappa shape index (κ3) is 5.89. The largest absolute Gasteiger partial charge is 0.478 e. The molecule has 1 rings (SSSR count). The number of carbonyl (C=O) groups excluding carboxylic acids is 1. The summed E-state index contributed by atoms with van der Waals surface area (Å²) in [7, 11) is 0. The van der Waals surface area contributed by atoms with Gasteiger partial charge in [-0.15, -0.1) is 0 Å². The Morgan fingerprint density at radius 3 is 2.35 bits per heavy atom. The van der Waals surface area contributed by atoms with Gasteiger partial charge < -0.3 is 9.84 Å². The Bertz CT molecular complexity index is 693. The van der Waals surface area contributed by atoms with Crippen molar-refractivity contribution >= 4 is 11.9 Å². The van der Waals surface area contributed by atoms with E-state index in [0.29, 0.717) is 18.6 Å². The highest BCUT2D eigenvalue weighted by molar-refractivity contribution is 5.92. The van der Waals surface area contributed by atoms with E-state index in [1.54, 1.807) is 6.92 Å². The first-order valence-corrected chi connectivity index (χ1v) is 8.30. The molecular weight excluding hydrogens is 349 g/mol. The van der Waals surface area contributed by atoms with Crippen LogP contribution < -0.4 is 4.74 Å². The number of carboxylic acid groups (broad SMARTS) is 1. The van der Waals surface area contributed by atoms with Gasteiger partial charge in [-0.25, -0.2) is 4.79 Å². The third-order valence-electron chi connectivity index (χ3n) is 4.16. The van der Waals surface area contributed by atoms with Gasteiger partial charge in [-0.3, -0.25) is 4.79 Å². The second-order valence-electron chi connectivity index (χ2n) is 6.33. The SMILES string of the molecule is CC/C=C(/C)C(C)CC(C)C(=O)Oc1cc(C(F)(F)F)ccc1C(=O)O. The Morgan fingerprint density at radius 2 is 1.85 bits per heavy atom. The van der Waals surface area contributed by atoms with Gasteiger partial charge in [0.05, 0.1) is 11.5 Å². The number of aromatic carboxylic acids is 1. The second kappa shape index (κ2) is 8.87. The lowest BCUT2D eigenvalue weighted by Crippen LogP contribution is -2.22. The first-order valence-electron chi connectivity index (χ1n) is 8.30. The number of benzene rings is 1. The van der Waals surface area contributed by atoms with Crippen molar-refractivity contribution in [1.82, 2.24) is 0 Å². The summed E-state index contributed by atoms with van der Waals surface area (Å²) in [6.45, 7) is 7.49. The van der Waals surface area contributed by atoms with Crippen molar-refractivity contribution in [1.29, 1.82) is 0 Å². The van der Waals surface area contributed by atoms with E-state index >= 15 is 0 Å². The van der Waals surface area contributed by atoms with Crippen molar-refractivity contribution in [2.45, 2.75) is 46.7 Å². The summed E-state index contributed by atoms with van der Waals surface area (Å²) in [6, 6.07) is 1.97. The Hall–Kier alpha value is -2.31. The second-order valence-corrected chi connectivity index (χ2v) is 6.33. The molecule has 0 saturated carbocycles. The van der Waals surface area contributed by atoms with Crippen molar-refractivity contribution in [2.24, 2.45) is 11.8 Å². The van der Waals surface area contributed by atoms with E-state index in [0.717, 1.165) is 18.1 Å². The van der Waals surface area contributed by atoms with Crippen molar-refractivity contribution < 1.29 is 32.6 Å². The summed E-state index contributed by atoms with van der Waals surface area (Å²) in [5.74, 6) is -3.33. The van der Waals surface area contributed by atoms with Crippen LogP contribution in [0.5, 0.6) is 5.75 Å². The quantitative estimate of drug-likeness (QED) is 0.399. The van der Waals surface area contributed by atoms with E-state index in [4.69, 9.17) is 9.84 Å². The Labute approximate surface area is 150 Å². The highest BCUT2D eigenvalue weighted by atomic mass is 19.4. The Kier molecular flexibility index (Phi) is 7.41. The van der Waals surface area contributed by atoms with Crippen molar-refractivity contribution in [2.75, 3.05) is 0 Å². The molecule has 0 aliphatic heterocycles. The predicted molar refractivity (Wildman–Crippen MR) is 91.0 cm³/mol. The summed E-state index contributed by atoms with van der Waals surface area (Å²) in [6.07, 6.45) is -1.32. The molecule has 0 radical (unpaired) electrons. The first kappa shape index (κ1) is 21.7. The fourth-order valence-corrected chi connectivity index (χ4v) is 2.50. The van der Waals surface area contributed by atoms with Crippen molar-refractivity contribution in [3.05, 3.63) is 41.0 Å². The predicted octanol–water partition coefficient (Wildman–Crippen LogP) is 5.33. The fraction of sp³-hybridized carbons (Fsp3) is 0.474. The zero-order chi connectivity index (χ0) is 20.1. The molecule has 144 valence electrons. The summed E-state index contributed by atoms with van der Waals surface area (Å²) in [5.41, 5.74) is -0.459. The van der Waals surface area contributed by atoms with Crippen LogP contribution in [0.4, 0.5) is 13.2 Å². The molecule has 0 amide bonds. The standard InChI is InChI=1S/C19H23F3O4/c1-5-6-11(2)12(3)9-13(4)18(25)26-16-10-14(19(20,21)22)7-8-15(16)17(23)24/h6-8,10,12-13H,5,9H2,1-4H3,(H,23,24)/b11-6-. The molecule has 1 N–H and O–H groups in total. The molecule has 0 saturated heterocycles. The number of carboxylic acids is 1. The average molecular weight is 372 g/mol. The van der Waals surface area contributed by atoms with Gasteiger partial charge in [-0.1, -0.05) is 32.4 Å². The smallest absolute Gasteiger partial charge is 0.416 e. The third-order valence-corrected chi connectivity index (χ3v) is 4.16. The van der Waals surface area contributed by atoms with Gasteiger partial charge in [0.15, 0.2) is 0 Å². The van der Waals surface area contributed by atoms with Gasteiger partial charge in [0, 0.05) is 0 Å². The van der Waals surface area contributed by atoms with E-state index in [1.165, 1.54) is 0 Å². The molecule has 2 unspecified atom stereocenters. The van der Waals surface area contributed by atoms with E-state index in [-0.39, 0.29) is 5.92 Å². The van der Waals surface area contributed by atoms with Crippen LogP contribution in [0.3, 0.4) is 0 Å². The highest BCUT2D eigenvalue weighted by Crippen LogP contribution is 2.33. The van der Waals surface area contributed by atoms with E-state index < -0.39 is 40.9 Å². The lowest BCUT2D eigenvalue weighted by Gasteiger charge is -2.18. The molecule has 1 aromatic carbocycles. The average Bonchev–Trinajstić information content (AvgIpc) is 2.53. The van der Waals surface area contributed by atoms with Crippen molar-refractivity contribution in [3.63, 3.8) is 0 Å². The van der Waals surface area contributed by atoms with Gasteiger partial charge in [0.2, 0.25) is 0 Å². The lowest BCUT2D eigenvalue weighted by atomic mass is 9.91. The van der Waals surface area contributed by atoms with Crippen LogP contribution in [-0.2, 0) is 11.0 Å². The van der Waals surface area contributed by atoms with Crippen LogP contribution in [0.2, 0.25) is 0 Å². The zero-order valence-electron chi connectivity index (χ0n) is 15.2. The number of hydrogen-bond donors (Lipinski definition) is 1. The van der Waals surface area contributed by atoms with Gasteiger partial charge in [0.25, 0.3) is 0 Å². The maximum atomic E-state index is 12.8. The van der Waals surface area contributed by atoms with Crippen LogP contribution in [0.25, 0.3) is 0 Å². The Morgan fingerprint density at radius 1 is 1.23 bits per heavy atom.